The summed E-state index contributed by atoms with van der Waals surface area (Å²) in [4.78, 5) is 46.5. The number of rotatable bonds is 7. The molecule has 2 amide bonds. The van der Waals surface area contributed by atoms with Crippen molar-refractivity contribution in [2.75, 3.05) is 7.05 Å². The predicted octanol–water partition coefficient (Wildman–Crippen LogP) is -1.38. The molecule has 0 heterocycles. The lowest BCUT2D eigenvalue weighted by Gasteiger charge is -2.46. The summed E-state index contributed by atoms with van der Waals surface area (Å²) in [6, 6.07) is -0.142. The summed E-state index contributed by atoms with van der Waals surface area (Å²) in [6.45, 7) is 5.28. The van der Waals surface area contributed by atoms with Crippen molar-refractivity contribution in [3.63, 3.8) is 0 Å². The van der Waals surface area contributed by atoms with Crippen LogP contribution < -0.4 is 16.4 Å². The fraction of sp³-hybridized carbons (Fsp3) is 0.714. The average Bonchev–Trinajstić information content (AvgIpc) is 2.33. The lowest BCUT2D eigenvalue weighted by Crippen LogP contribution is -2.66. The lowest BCUT2D eigenvalue weighted by molar-refractivity contribution is -0.181. The summed E-state index contributed by atoms with van der Waals surface area (Å²) in [7, 11) is 1.70. The van der Waals surface area contributed by atoms with Gasteiger partial charge in [0.2, 0.25) is 11.8 Å². The number of carbonyl (C=O) groups is 4. The largest absolute Gasteiger partial charge is 0.481 e. The molecule has 0 bridgehead atoms. The highest BCUT2D eigenvalue weighted by Crippen LogP contribution is 2.47. The maximum absolute atomic E-state index is 12.5. The molecule has 0 aromatic carbocycles. The first kappa shape index (κ1) is 18.9. The van der Waals surface area contributed by atoms with Crippen LogP contribution in [0.4, 0.5) is 0 Å². The van der Waals surface area contributed by atoms with Crippen LogP contribution in [-0.4, -0.2) is 52.6 Å². The van der Waals surface area contributed by atoms with E-state index in [0.29, 0.717) is 0 Å². The molecule has 6 N–H and O–H groups in total. The van der Waals surface area contributed by atoms with Crippen LogP contribution in [0, 0.1) is 23.7 Å². The van der Waals surface area contributed by atoms with E-state index in [1.807, 2.05) is 6.92 Å². The Kier molecular flexibility index (Phi) is 5.36. The highest BCUT2D eigenvalue weighted by Gasteiger charge is 2.63. The van der Waals surface area contributed by atoms with Gasteiger partial charge >= 0.3 is 11.9 Å². The zero-order valence-corrected chi connectivity index (χ0v) is 13.5. The molecule has 5 atom stereocenters. The molecule has 0 radical (unpaired) electrons. The minimum atomic E-state index is -1.49. The van der Waals surface area contributed by atoms with Gasteiger partial charge in [-0.05, 0) is 27.8 Å². The summed E-state index contributed by atoms with van der Waals surface area (Å²) in [5.74, 6) is -10.2. The van der Waals surface area contributed by atoms with E-state index in [1.165, 1.54) is 0 Å². The van der Waals surface area contributed by atoms with Gasteiger partial charge in [0, 0.05) is 11.6 Å². The molecule has 0 saturated heterocycles. The molecule has 0 aromatic rings. The van der Waals surface area contributed by atoms with Gasteiger partial charge in [-0.15, -0.1) is 0 Å². The monoisotopic (exact) mass is 329 g/mol. The molecular formula is C14H23N3O6. The first-order valence-electron chi connectivity index (χ1n) is 7.20. The topological polar surface area (TPSA) is 159 Å². The molecule has 1 fully saturated rings. The lowest BCUT2D eigenvalue weighted by atomic mass is 9.55. The van der Waals surface area contributed by atoms with E-state index in [0.717, 1.165) is 0 Å². The molecule has 1 rings (SSSR count). The van der Waals surface area contributed by atoms with Crippen LogP contribution in [-0.2, 0) is 19.2 Å². The Bertz CT molecular complexity index is 511. The van der Waals surface area contributed by atoms with Crippen molar-refractivity contribution in [1.82, 2.24) is 10.6 Å². The number of likely N-dealkylation sites (N-methyl/N-ethyl adjacent to an activating group) is 1. The maximum atomic E-state index is 12.5. The number of hydrogen-bond acceptors (Lipinski definition) is 5. The number of carboxylic acids is 2. The van der Waals surface area contributed by atoms with E-state index < -0.39 is 53.0 Å². The summed E-state index contributed by atoms with van der Waals surface area (Å²) in [5.41, 5.74) is 4.45. The second-order valence-electron chi connectivity index (χ2n) is 6.40. The first-order valence-corrected chi connectivity index (χ1v) is 7.20. The quantitative estimate of drug-likeness (QED) is 0.385. The Labute approximate surface area is 133 Å². The number of amides is 2. The summed E-state index contributed by atoms with van der Waals surface area (Å²) < 4.78 is 0. The van der Waals surface area contributed by atoms with Gasteiger partial charge in [-0.25, -0.2) is 0 Å². The van der Waals surface area contributed by atoms with Crippen LogP contribution in [0.15, 0.2) is 0 Å². The van der Waals surface area contributed by atoms with E-state index in [-0.39, 0.29) is 6.04 Å². The number of nitrogens with two attached hydrogens (primary N) is 1. The standard InChI is InChI=1S/C14H23N3O6/c1-5(16-4)14(2,3)17-11(19)7-6(10(15)18)8(12(20)21)9(7)13(22)23/h5-9,16H,1-4H3,(H2,15,18)(H,17,19)(H,20,21)(H,22,23). The fourth-order valence-corrected chi connectivity index (χ4v) is 2.91. The SMILES string of the molecule is CNC(C)C(C)(C)NC(=O)C1C(C(N)=O)C(C(=O)O)C1C(=O)O. The highest BCUT2D eigenvalue weighted by atomic mass is 16.4. The summed E-state index contributed by atoms with van der Waals surface area (Å²) in [5, 5.41) is 24.0. The number of primary amides is 1. The Morgan fingerprint density at radius 2 is 1.43 bits per heavy atom. The van der Waals surface area contributed by atoms with Gasteiger partial charge in [0.05, 0.1) is 23.7 Å². The van der Waals surface area contributed by atoms with Crippen molar-refractivity contribution in [2.24, 2.45) is 29.4 Å². The third-order valence-electron chi connectivity index (χ3n) is 4.71. The molecule has 5 unspecified atom stereocenters. The molecule has 0 aliphatic heterocycles. The molecule has 9 nitrogen and oxygen atoms in total. The van der Waals surface area contributed by atoms with Crippen LogP contribution >= 0.6 is 0 Å². The molecule has 1 saturated carbocycles. The number of nitrogens with one attached hydrogen (secondary N) is 2. The first-order chi connectivity index (χ1) is 10.5. The molecule has 130 valence electrons. The van der Waals surface area contributed by atoms with E-state index in [9.17, 15) is 24.3 Å². The van der Waals surface area contributed by atoms with Crippen molar-refractivity contribution in [1.29, 1.82) is 0 Å². The maximum Gasteiger partial charge on any atom is 0.308 e. The van der Waals surface area contributed by atoms with Crippen molar-refractivity contribution in [3.05, 3.63) is 0 Å². The normalized spacial score (nSPS) is 28.3. The van der Waals surface area contributed by atoms with Crippen molar-refractivity contribution in [2.45, 2.75) is 32.4 Å². The third-order valence-corrected chi connectivity index (χ3v) is 4.71. The number of aliphatic carboxylic acids is 2. The second-order valence-corrected chi connectivity index (χ2v) is 6.40. The van der Waals surface area contributed by atoms with Gasteiger partial charge in [0.15, 0.2) is 0 Å². The van der Waals surface area contributed by atoms with Gasteiger partial charge in [-0.2, -0.15) is 0 Å². The zero-order chi connectivity index (χ0) is 18.1. The predicted molar refractivity (Wildman–Crippen MR) is 79.2 cm³/mol. The second kappa shape index (κ2) is 6.53. The highest BCUT2D eigenvalue weighted by molar-refractivity contribution is 5.99. The van der Waals surface area contributed by atoms with Crippen molar-refractivity contribution in [3.8, 4) is 0 Å². The Morgan fingerprint density at radius 1 is 1.00 bits per heavy atom. The summed E-state index contributed by atoms with van der Waals surface area (Å²) in [6.07, 6.45) is 0. The minimum absolute atomic E-state index is 0.142. The zero-order valence-electron chi connectivity index (χ0n) is 13.5. The number of carbonyl (C=O) groups excluding carboxylic acids is 2. The number of hydrogen-bond donors (Lipinski definition) is 5. The van der Waals surface area contributed by atoms with E-state index in [1.54, 1.807) is 20.9 Å². The molecule has 1 aliphatic carbocycles. The third kappa shape index (κ3) is 3.44. The number of carboxylic acid groups (broad SMARTS) is 2. The Hall–Kier alpha value is -2.16. The molecular weight excluding hydrogens is 306 g/mol. The molecule has 0 aromatic heterocycles. The molecule has 23 heavy (non-hydrogen) atoms. The fourth-order valence-electron chi connectivity index (χ4n) is 2.91. The van der Waals surface area contributed by atoms with Crippen LogP contribution in [0.3, 0.4) is 0 Å². The van der Waals surface area contributed by atoms with Crippen molar-refractivity contribution < 1.29 is 29.4 Å². The van der Waals surface area contributed by atoms with Gasteiger partial charge in [0.1, 0.15) is 0 Å². The van der Waals surface area contributed by atoms with Crippen molar-refractivity contribution >= 4 is 23.8 Å². The van der Waals surface area contributed by atoms with Crippen LogP contribution in [0.2, 0.25) is 0 Å². The van der Waals surface area contributed by atoms with Crippen LogP contribution in [0.25, 0.3) is 0 Å². The van der Waals surface area contributed by atoms with Gasteiger partial charge in [-0.1, -0.05) is 0 Å². The average molecular weight is 329 g/mol. The van der Waals surface area contributed by atoms with Crippen LogP contribution in [0.1, 0.15) is 20.8 Å². The Morgan fingerprint density at radius 3 is 1.78 bits per heavy atom. The van der Waals surface area contributed by atoms with E-state index in [4.69, 9.17) is 10.8 Å². The molecule has 0 spiro atoms. The minimum Gasteiger partial charge on any atom is -0.481 e. The van der Waals surface area contributed by atoms with Gasteiger partial charge in [-0.3, -0.25) is 19.2 Å². The Balaban J connectivity index is 3.07. The molecule has 1 aliphatic rings. The van der Waals surface area contributed by atoms with E-state index in [2.05, 4.69) is 10.6 Å². The smallest absolute Gasteiger partial charge is 0.308 e. The van der Waals surface area contributed by atoms with Gasteiger partial charge in [0.25, 0.3) is 0 Å². The summed E-state index contributed by atoms with van der Waals surface area (Å²) >= 11 is 0. The van der Waals surface area contributed by atoms with Gasteiger partial charge < -0.3 is 26.6 Å². The van der Waals surface area contributed by atoms with Crippen LogP contribution in [0.5, 0.6) is 0 Å². The van der Waals surface area contributed by atoms with E-state index >= 15 is 0 Å². The molecule has 9 heteroatoms.